The van der Waals surface area contributed by atoms with E-state index in [1.807, 2.05) is 6.07 Å². The monoisotopic (exact) mass is 243 g/mol. The molecule has 1 atom stereocenters. The second kappa shape index (κ2) is 3.08. The normalized spacial score (nSPS) is 19.9. The van der Waals surface area contributed by atoms with Crippen LogP contribution in [0.15, 0.2) is 22.7 Å². The quantitative estimate of drug-likeness (QED) is 0.456. The van der Waals surface area contributed by atoms with Crippen molar-refractivity contribution in [2.45, 2.75) is 6.10 Å². The standard InChI is InChI=1S/C8H6BrNO3/c9-8-5(7-4-13-7)2-1-3-6(8)10(11)12/h1-3,7H,4H2. The maximum Gasteiger partial charge on any atom is 0.283 e. The third kappa shape index (κ3) is 1.57. The van der Waals surface area contributed by atoms with Gasteiger partial charge in [0.15, 0.2) is 0 Å². The number of benzene rings is 1. The van der Waals surface area contributed by atoms with E-state index in [9.17, 15) is 10.1 Å². The van der Waals surface area contributed by atoms with Crippen LogP contribution in [0.2, 0.25) is 0 Å². The molecule has 2 rings (SSSR count). The Morgan fingerprint density at radius 2 is 2.31 bits per heavy atom. The number of hydrogen-bond donors (Lipinski definition) is 0. The molecule has 4 nitrogen and oxygen atoms in total. The van der Waals surface area contributed by atoms with E-state index in [4.69, 9.17) is 4.74 Å². The van der Waals surface area contributed by atoms with E-state index in [1.165, 1.54) is 6.07 Å². The zero-order chi connectivity index (χ0) is 9.42. The van der Waals surface area contributed by atoms with Crippen molar-refractivity contribution in [2.75, 3.05) is 6.61 Å². The predicted molar refractivity (Wildman–Crippen MR) is 49.5 cm³/mol. The highest BCUT2D eigenvalue weighted by molar-refractivity contribution is 9.10. The lowest BCUT2D eigenvalue weighted by Gasteiger charge is -2.00. The number of hydrogen-bond acceptors (Lipinski definition) is 3. The molecular weight excluding hydrogens is 238 g/mol. The van der Waals surface area contributed by atoms with Gasteiger partial charge in [-0.25, -0.2) is 0 Å². The Bertz CT molecular complexity index is 362. The fourth-order valence-electron chi connectivity index (χ4n) is 1.15. The minimum absolute atomic E-state index is 0.0364. The molecule has 5 heteroatoms. The first kappa shape index (κ1) is 8.65. The zero-order valence-electron chi connectivity index (χ0n) is 6.57. The average Bonchev–Trinajstić information content (AvgIpc) is 2.87. The molecule has 1 saturated heterocycles. The maximum atomic E-state index is 10.6. The number of rotatable bonds is 2. The Balaban J connectivity index is 2.47. The zero-order valence-corrected chi connectivity index (χ0v) is 8.15. The van der Waals surface area contributed by atoms with Gasteiger partial charge in [-0.15, -0.1) is 0 Å². The molecule has 68 valence electrons. The first-order valence-electron chi connectivity index (χ1n) is 3.74. The lowest BCUT2D eigenvalue weighted by atomic mass is 10.1. The summed E-state index contributed by atoms with van der Waals surface area (Å²) in [6.07, 6.45) is 0.0364. The van der Waals surface area contributed by atoms with Gasteiger partial charge in [0.2, 0.25) is 0 Å². The Hall–Kier alpha value is -0.940. The fraction of sp³-hybridized carbons (Fsp3) is 0.250. The van der Waals surface area contributed by atoms with Crippen LogP contribution < -0.4 is 0 Å². The smallest absolute Gasteiger partial charge is 0.283 e. The van der Waals surface area contributed by atoms with E-state index in [0.717, 1.165) is 5.56 Å². The summed E-state index contributed by atoms with van der Waals surface area (Å²) in [5.74, 6) is 0. The molecule has 1 heterocycles. The van der Waals surface area contributed by atoms with Gasteiger partial charge < -0.3 is 4.74 Å². The molecule has 0 bridgehead atoms. The van der Waals surface area contributed by atoms with E-state index in [2.05, 4.69) is 15.9 Å². The minimum Gasteiger partial charge on any atom is -0.368 e. The van der Waals surface area contributed by atoms with Crippen LogP contribution in [0.3, 0.4) is 0 Å². The molecule has 1 aliphatic rings. The summed E-state index contributed by atoms with van der Waals surface area (Å²) in [4.78, 5) is 10.1. The molecule has 1 fully saturated rings. The largest absolute Gasteiger partial charge is 0.368 e. The van der Waals surface area contributed by atoms with Gasteiger partial charge in [0.05, 0.1) is 11.5 Å². The first-order chi connectivity index (χ1) is 6.20. The highest BCUT2D eigenvalue weighted by Crippen LogP contribution is 2.38. The van der Waals surface area contributed by atoms with Gasteiger partial charge in [-0.05, 0) is 15.9 Å². The molecule has 0 aromatic heterocycles. The third-order valence-electron chi connectivity index (χ3n) is 1.89. The molecule has 0 N–H and O–H groups in total. The summed E-state index contributed by atoms with van der Waals surface area (Å²) in [7, 11) is 0. The molecule has 1 aliphatic heterocycles. The van der Waals surface area contributed by atoms with Crippen LogP contribution in [0.5, 0.6) is 0 Å². The van der Waals surface area contributed by atoms with E-state index < -0.39 is 4.92 Å². The van der Waals surface area contributed by atoms with Crippen molar-refractivity contribution in [3.8, 4) is 0 Å². The van der Waals surface area contributed by atoms with Crippen LogP contribution in [-0.4, -0.2) is 11.5 Å². The van der Waals surface area contributed by atoms with Gasteiger partial charge >= 0.3 is 0 Å². The summed E-state index contributed by atoms with van der Waals surface area (Å²) >= 11 is 3.20. The highest BCUT2D eigenvalue weighted by atomic mass is 79.9. The van der Waals surface area contributed by atoms with Crippen LogP contribution in [0.1, 0.15) is 11.7 Å². The van der Waals surface area contributed by atoms with Gasteiger partial charge in [-0.3, -0.25) is 10.1 Å². The molecule has 1 unspecified atom stereocenters. The molecule has 0 aliphatic carbocycles. The van der Waals surface area contributed by atoms with Crippen molar-refractivity contribution < 1.29 is 9.66 Å². The van der Waals surface area contributed by atoms with Crippen molar-refractivity contribution in [3.05, 3.63) is 38.3 Å². The van der Waals surface area contributed by atoms with Gasteiger partial charge in [-0.2, -0.15) is 0 Å². The Morgan fingerprint density at radius 3 is 2.85 bits per heavy atom. The summed E-state index contributed by atoms with van der Waals surface area (Å²) in [6.45, 7) is 0.653. The van der Waals surface area contributed by atoms with Crippen molar-refractivity contribution >= 4 is 21.6 Å². The number of nitrogens with zero attached hydrogens (tertiary/aromatic N) is 1. The first-order valence-corrected chi connectivity index (χ1v) is 4.54. The topological polar surface area (TPSA) is 55.7 Å². The van der Waals surface area contributed by atoms with Crippen LogP contribution >= 0.6 is 15.9 Å². The van der Waals surface area contributed by atoms with Crippen LogP contribution in [0, 0.1) is 10.1 Å². The van der Waals surface area contributed by atoms with Gasteiger partial charge in [0.1, 0.15) is 10.6 Å². The number of nitro groups is 1. The lowest BCUT2D eigenvalue weighted by Crippen LogP contribution is -1.92. The lowest BCUT2D eigenvalue weighted by molar-refractivity contribution is -0.385. The molecule has 0 amide bonds. The van der Waals surface area contributed by atoms with Gasteiger partial charge in [0.25, 0.3) is 5.69 Å². The minimum atomic E-state index is -0.407. The molecule has 13 heavy (non-hydrogen) atoms. The van der Waals surface area contributed by atoms with Crippen LogP contribution in [0.4, 0.5) is 5.69 Å². The van der Waals surface area contributed by atoms with Crippen LogP contribution in [-0.2, 0) is 4.74 Å². The summed E-state index contributed by atoms with van der Waals surface area (Å²) in [5, 5.41) is 10.6. The van der Waals surface area contributed by atoms with Crippen molar-refractivity contribution in [1.29, 1.82) is 0 Å². The summed E-state index contributed by atoms with van der Waals surface area (Å²) in [6, 6.07) is 4.96. The maximum absolute atomic E-state index is 10.6. The second-order valence-corrected chi connectivity index (χ2v) is 3.55. The SMILES string of the molecule is O=[N+]([O-])c1cccc(C2CO2)c1Br. The summed E-state index contributed by atoms with van der Waals surface area (Å²) < 4.78 is 5.59. The number of halogens is 1. The van der Waals surface area contributed by atoms with E-state index in [0.29, 0.717) is 11.1 Å². The van der Waals surface area contributed by atoms with Gasteiger partial charge in [-0.1, -0.05) is 12.1 Å². The molecule has 0 saturated carbocycles. The van der Waals surface area contributed by atoms with Crippen LogP contribution in [0.25, 0.3) is 0 Å². The molecular formula is C8H6BrNO3. The third-order valence-corrected chi connectivity index (χ3v) is 2.75. The van der Waals surface area contributed by atoms with Crippen molar-refractivity contribution in [2.24, 2.45) is 0 Å². The number of ether oxygens (including phenoxy) is 1. The Kier molecular flexibility index (Phi) is 2.05. The summed E-state index contributed by atoms with van der Waals surface area (Å²) in [5.41, 5.74) is 0.946. The number of nitro benzene ring substituents is 1. The van der Waals surface area contributed by atoms with Crippen molar-refractivity contribution in [3.63, 3.8) is 0 Å². The highest BCUT2D eigenvalue weighted by Gasteiger charge is 2.29. The van der Waals surface area contributed by atoms with Crippen molar-refractivity contribution in [1.82, 2.24) is 0 Å². The van der Waals surface area contributed by atoms with E-state index in [1.54, 1.807) is 6.07 Å². The predicted octanol–water partition coefficient (Wildman–Crippen LogP) is 2.43. The number of epoxide rings is 1. The molecule has 0 radical (unpaired) electrons. The molecule has 1 aromatic rings. The Labute approximate surface area is 82.8 Å². The molecule has 1 aromatic carbocycles. The van der Waals surface area contributed by atoms with E-state index in [-0.39, 0.29) is 11.8 Å². The fourth-order valence-corrected chi connectivity index (χ4v) is 1.82. The van der Waals surface area contributed by atoms with E-state index >= 15 is 0 Å². The second-order valence-electron chi connectivity index (χ2n) is 2.76. The molecule has 0 spiro atoms. The van der Waals surface area contributed by atoms with Gasteiger partial charge in [0, 0.05) is 11.6 Å². The average molecular weight is 244 g/mol. The Morgan fingerprint density at radius 1 is 1.62 bits per heavy atom.